The highest BCUT2D eigenvalue weighted by atomic mass is 19.3. The third-order valence-corrected chi connectivity index (χ3v) is 2.19. The van der Waals surface area contributed by atoms with Crippen LogP contribution in [0.5, 0.6) is 0 Å². The number of rotatable bonds is 6. The minimum Gasteiger partial charge on any atom is -0.383 e. The number of aromatic nitrogens is 2. The van der Waals surface area contributed by atoms with Crippen molar-refractivity contribution < 1.29 is 13.5 Å². The molecule has 0 atom stereocenters. The molecule has 1 heterocycles. The number of alkyl halides is 2. The van der Waals surface area contributed by atoms with Crippen molar-refractivity contribution in [2.75, 3.05) is 31.3 Å². The van der Waals surface area contributed by atoms with Gasteiger partial charge in [0.1, 0.15) is 11.5 Å². The lowest BCUT2D eigenvalue weighted by molar-refractivity contribution is 0.163. The Balaban J connectivity index is 3.10. The van der Waals surface area contributed by atoms with E-state index in [2.05, 4.69) is 5.32 Å². The second kappa shape index (κ2) is 6.15. The van der Waals surface area contributed by atoms with Crippen LogP contribution in [0, 0.1) is 0 Å². The summed E-state index contributed by atoms with van der Waals surface area (Å²) in [6.45, 7) is -0.415. The molecule has 4 N–H and O–H groups in total. The zero-order valence-corrected chi connectivity index (χ0v) is 9.70. The van der Waals surface area contributed by atoms with Gasteiger partial charge in [0.15, 0.2) is 0 Å². The van der Waals surface area contributed by atoms with Gasteiger partial charge in [0.25, 0.3) is 12.0 Å². The second-order valence-electron chi connectivity index (χ2n) is 3.44. The number of hydrogen-bond donors (Lipinski definition) is 3. The summed E-state index contributed by atoms with van der Waals surface area (Å²) < 4.78 is 29.9. The van der Waals surface area contributed by atoms with Gasteiger partial charge in [-0.2, -0.15) is 0 Å². The second-order valence-corrected chi connectivity index (χ2v) is 3.44. The summed E-state index contributed by atoms with van der Waals surface area (Å²) in [5.41, 5.74) is 3.81. The minimum atomic E-state index is -2.64. The minimum absolute atomic E-state index is 0.112. The summed E-state index contributed by atoms with van der Waals surface area (Å²) in [6, 6.07) is 0. The molecule has 102 valence electrons. The zero-order valence-electron chi connectivity index (χ0n) is 9.70. The van der Waals surface area contributed by atoms with Crippen molar-refractivity contribution in [2.24, 2.45) is 0 Å². The van der Waals surface area contributed by atoms with E-state index >= 15 is 0 Å². The van der Waals surface area contributed by atoms with Gasteiger partial charge in [-0.15, -0.1) is 0 Å². The first kappa shape index (κ1) is 14.2. The third kappa shape index (κ3) is 3.29. The molecule has 0 radical (unpaired) electrons. The Morgan fingerprint density at radius 1 is 1.50 bits per heavy atom. The van der Waals surface area contributed by atoms with E-state index in [-0.39, 0.29) is 24.7 Å². The van der Waals surface area contributed by atoms with Gasteiger partial charge < -0.3 is 15.8 Å². The fourth-order valence-electron chi connectivity index (χ4n) is 1.34. The number of nitrogen functional groups attached to an aromatic ring is 1. The molecule has 18 heavy (non-hydrogen) atoms. The molecule has 1 aromatic heterocycles. The van der Waals surface area contributed by atoms with Gasteiger partial charge in [0, 0.05) is 7.11 Å². The van der Waals surface area contributed by atoms with E-state index in [0.717, 1.165) is 4.57 Å². The summed E-state index contributed by atoms with van der Waals surface area (Å²) in [7, 11) is 1.43. The fraction of sp³-hybridized carbons (Fsp3) is 0.556. The van der Waals surface area contributed by atoms with Crippen LogP contribution in [0.3, 0.4) is 0 Å². The molecule has 1 rings (SSSR count). The van der Waals surface area contributed by atoms with Crippen molar-refractivity contribution in [3.63, 3.8) is 0 Å². The van der Waals surface area contributed by atoms with Crippen LogP contribution < -0.4 is 22.3 Å². The summed E-state index contributed by atoms with van der Waals surface area (Å²) in [6.07, 6.45) is -2.64. The molecule has 0 aliphatic rings. The number of anilines is 2. The van der Waals surface area contributed by atoms with Gasteiger partial charge in [0.05, 0.1) is 19.7 Å². The Bertz CT molecular complexity index is 512. The van der Waals surface area contributed by atoms with Crippen LogP contribution in [0.4, 0.5) is 20.3 Å². The average molecular weight is 264 g/mol. The lowest BCUT2D eigenvalue weighted by atomic mass is 10.4. The van der Waals surface area contributed by atoms with Crippen LogP contribution in [0.1, 0.15) is 0 Å². The van der Waals surface area contributed by atoms with Gasteiger partial charge in [-0.3, -0.25) is 14.3 Å². The average Bonchev–Trinajstić information content (AvgIpc) is 2.27. The van der Waals surface area contributed by atoms with Crippen molar-refractivity contribution in [2.45, 2.75) is 13.0 Å². The van der Waals surface area contributed by atoms with Crippen LogP contribution in [-0.2, 0) is 11.3 Å². The van der Waals surface area contributed by atoms with E-state index in [9.17, 15) is 18.4 Å². The molecule has 0 spiro atoms. The van der Waals surface area contributed by atoms with Crippen LogP contribution in [0.2, 0.25) is 0 Å². The van der Waals surface area contributed by atoms with E-state index < -0.39 is 24.2 Å². The molecular weight excluding hydrogens is 250 g/mol. The monoisotopic (exact) mass is 264 g/mol. The zero-order chi connectivity index (χ0) is 13.7. The Morgan fingerprint density at radius 2 is 2.17 bits per heavy atom. The number of hydrogen-bond acceptors (Lipinski definition) is 5. The summed E-state index contributed by atoms with van der Waals surface area (Å²) in [4.78, 5) is 24.9. The normalized spacial score (nSPS) is 10.9. The quantitative estimate of drug-likeness (QED) is 0.639. The van der Waals surface area contributed by atoms with Crippen molar-refractivity contribution in [3.8, 4) is 0 Å². The van der Waals surface area contributed by atoms with Crippen LogP contribution >= 0.6 is 0 Å². The Labute approximate surface area is 101 Å². The number of nitrogens with one attached hydrogen (secondary N) is 2. The number of ether oxygens (including phenoxy) is 1. The molecular formula is C9H14F2N4O3. The fourth-order valence-corrected chi connectivity index (χ4v) is 1.34. The molecule has 1 aromatic rings. The van der Waals surface area contributed by atoms with E-state index in [1.165, 1.54) is 7.11 Å². The highest BCUT2D eigenvalue weighted by Crippen LogP contribution is 2.10. The van der Waals surface area contributed by atoms with E-state index in [1.54, 1.807) is 0 Å². The standard InChI is InChI=1S/C9H14F2N4O3/c1-18-3-2-15-7(12)6(13-4-5(10)11)8(16)14-9(15)17/h5,13H,2-4,12H2,1H3,(H,14,16,17). The SMILES string of the molecule is COCCn1c(N)c(NCC(F)F)c(=O)[nH]c1=O. The first-order valence-electron chi connectivity index (χ1n) is 5.11. The van der Waals surface area contributed by atoms with Crippen molar-refractivity contribution >= 4 is 11.5 Å². The molecule has 0 aromatic carbocycles. The Hall–Kier alpha value is -1.90. The molecule has 7 nitrogen and oxygen atoms in total. The molecule has 0 fully saturated rings. The molecule has 9 heteroatoms. The first-order chi connectivity index (χ1) is 8.47. The number of H-pyrrole nitrogens is 1. The van der Waals surface area contributed by atoms with Crippen LogP contribution in [-0.4, -0.2) is 36.2 Å². The maximum absolute atomic E-state index is 12.1. The Morgan fingerprint density at radius 3 is 2.72 bits per heavy atom. The van der Waals surface area contributed by atoms with Crippen LogP contribution in [0.25, 0.3) is 0 Å². The molecule has 0 amide bonds. The van der Waals surface area contributed by atoms with Crippen molar-refractivity contribution in [3.05, 3.63) is 20.8 Å². The van der Waals surface area contributed by atoms with Crippen LogP contribution in [0.15, 0.2) is 9.59 Å². The van der Waals surface area contributed by atoms with E-state index in [1.807, 2.05) is 4.98 Å². The summed E-state index contributed by atoms with van der Waals surface area (Å²) in [5.74, 6) is -0.193. The third-order valence-electron chi connectivity index (χ3n) is 2.19. The number of methoxy groups -OCH3 is 1. The number of nitrogens with zero attached hydrogens (tertiary/aromatic N) is 1. The van der Waals surface area contributed by atoms with E-state index in [4.69, 9.17) is 10.5 Å². The number of halogens is 2. The smallest absolute Gasteiger partial charge is 0.330 e. The molecule has 0 bridgehead atoms. The maximum Gasteiger partial charge on any atom is 0.330 e. The van der Waals surface area contributed by atoms with Gasteiger partial charge in [-0.25, -0.2) is 13.6 Å². The Kier molecular flexibility index (Phi) is 4.84. The highest BCUT2D eigenvalue weighted by molar-refractivity contribution is 5.60. The van der Waals surface area contributed by atoms with Gasteiger partial charge in [-0.05, 0) is 0 Å². The first-order valence-corrected chi connectivity index (χ1v) is 5.11. The predicted molar refractivity (Wildman–Crippen MR) is 62.1 cm³/mol. The summed E-state index contributed by atoms with van der Waals surface area (Å²) in [5, 5.41) is 2.21. The maximum atomic E-state index is 12.1. The lowest BCUT2D eigenvalue weighted by Crippen LogP contribution is -2.35. The lowest BCUT2D eigenvalue weighted by Gasteiger charge is -2.13. The van der Waals surface area contributed by atoms with Crippen molar-refractivity contribution in [1.29, 1.82) is 0 Å². The summed E-state index contributed by atoms with van der Waals surface area (Å²) >= 11 is 0. The van der Waals surface area contributed by atoms with Gasteiger partial charge >= 0.3 is 5.69 Å². The highest BCUT2D eigenvalue weighted by Gasteiger charge is 2.13. The van der Waals surface area contributed by atoms with Gasteiger partial charge in [-0.1, -0.05) is 0 Å². The van der Waals surface area contributed by atoms with E-state index in [0.29, 0.717) is 0 Å². The molecule has 0 aliphatic carbocycles. The van der Waals surface area contributed by atoms with Crippen molar-refractivity contribution in [1.82, 2.24) is 9.55 Å². The number of aromatic amines is 1. The largest absolute Gasteiger partial charge is 0.383 e. The molecule has 0 saturated heterocycles. The molecule has 0 aliphatic heterocycles. The molecule has 0 saturated carbocycles. The number of nitrogens with two attached hydrogens (primary N) is 1. The molecule has 0 unspecified atom stereocenters. The van der Waals surface area contributed by atoms with Gasteiger partial charge in [0.2, 0.25) is 0 Å². The predicted octanol–water partition coefficient (Wildman–Crippen LogP) is -0.558. The topological polar surface area (TPSA) is 102 Å².